The second-order valence-corrected chi connectivity index (χ2v) is 9.17. The van der Waals surface area contributed by atoms with Gasteiger partial charge in [-0.3, -0.25) is 0 Å². The molecular weight excluding hydrogens is 377 g/mol. The molecule has 1 saturated heterocycles. The van der Waals surface area contributed by atoms with Crippen LogP contribution in [0.5, 0.6) is 0 Å². The molecule has 0 radical (unpaired) electrons. The van der Waals surface area contributed by atoms with Gasteiger partial charge in [-0.2, -0.15) is 0 Å². The Hall–Kier alpha value is -2.05. The standard InChI is InChI=1S/C22H26FNO3S/c1-21(2,3)27-20(25)24-13-11-22(26,12-14-24)18-15-16(23)9-10-19(18)28-17-7-5-4-6-8-17/h4-10,15,26H,11-14H2,1-3H3. The maximum Gasteiger partial charge on any atom is 0.410 e. The zero-order valence-corrected chi connectivity index (χ0v) is 17.3. The summed E-state index contributed by atoms with van der Waals surface area (Å²) >= 11 is 1.50. The lowest BCUT2D eigenvalue weighted by atomic mass is 9.84. The summed E-state index contributed by atoms with van der Waals surface area (Å²) in [6.45, 7) is 6.19. The van der Waals surface area contributed by atoms with Gasteiger partial charge in [0.05, 0.1) is 5.60 Å². The highest BCUT2D eigenvalue weighted by Gasteiger charge is 2.38. The van der Waals surface area contributed by atoms with Crippen LogP contribution in [-0.2, 0) is 10.3 Å². The van der Waals surface area contributed by atoms with E-state index in [1.807, 2.05) is 51.1 Å². The number of carbonyl (C=O) groups is 1. The van der Waals surface area contributed by atoms with Gasteiger partial charge in [-0.05, 0) is 63.9 Å². The number of piperidine rings is 1. The van der Waals surface area contributed by atoms with Crippen LogP contribution < -0.4 is 0 Å². The lowest BCUT2D eigenvalue weighted by Gasteiger charge is -2.39. The van der Waals surface area contributed by atoms with E-state index in [0.717, 1.165) is 9.79 Å². The zero-order valence-electron chi connectivity index (χ0n) is 16.4. The predicted octanol–water partition coefficient (Wildman–Crippen LogP) is 5.20. The Morgan fingerprint density at radius 1 is 1.14 bits per heavy atom. The number of hydrogen-bond donors (Lipinski definition) is 1. The Morgan fingerprint density at radius 2 is 1.79 bits per heavy atom. The fourth-order valence-electron chi connectivity index (χ4n) is 3.23. The first kappa shape index (κ1) is 20.7. The Labute approximate surface area is 169 Å². The maximum atomic E-state index is 14.0. The summed E-state index contributed by atoms with van der Waals surface area (Å²) in [5.41, 5.74) is -1.17. The fourth-order valence-corrected chi connectivity index (χ4v) is 4.27. The Bertz CT molecular complexity index is 827. The molecule has 1 fully saturated rings. The number of halogens is 1. The molecule has 3 rings (SSSR count). The molecule has 1 amide bonds. The average Bonchev–Trinajstić information content (AvgIpc) is 2.63. The van der Waals surface area contributed by atoms with Crippen molar-refractivity contribution in [2.75, 3.05) is 13.1 Å². The van der Waals surface area contributed by atoms with Gasteiger partial charge in [-0.1, -0.05) is 30.0 Å². The number of nitrogens with zero attached hydrogens (tertiary/aromatic N) is 1. The highest BCUT2D eigenvalue weighted by Crippen LogP contribution is 2.41. The normalized spacial score (nSPS) is 16.7. The molecule has 2 aromatic rings. The van der Waals surface area contributed by atoms with Gasteiger partial charge >= 0.3 is 6.09 Å². The number of carbonyl (C=O) groups excluding carboxylic acids is 1. The number of likely N-dealkylation sites (tertiary alicyclic amines) is 1. The molecule has 1 aliphatic rings. The largest absolute Gasteiger partial charge is 0.444 e. The van der Waals surface area contributed by atoms with Gasteiger partial charge in [-0.15, -0.1) is 0 Å². The average molecular weight is 404 g/mol. The lowest BCUT2D eigenvalue weighted by Crippen LogP contribution is -2.47. The molecule has 0 spiro atoms. The third-order valence-electron chi connectivity index (χ3n) is 4.66. The molecule has 0 bridgehead atoms. The molecule has 0 atom stereocenters. The minimum absolute atomic E-state index is 0.331. The molecule has 0 unspecified atom stereocenters. The SMILES string of the molecule is CC(C)(C)OC(=O)N1CCC(O)(c2cc(F)ccc2Sc2ccccc2)CC1. The number of ether oxygens (including phenoxy) is 1. The summed E-state index contributed by atoms with van der Waals surface area (Å²) in [5.74, 6) is -0.379. The molecule has 150 valence electrons. The molecule has 1 aliphatic heterocycles. The second kappa shape index (κ2) is 8.13. The van der Waals surface area contributed by atoms with Gasteiger partial charge < -0.3 is 14.7 Å². The van der Waals surface area contributed by atoms with Crippen LogP contribution in [0, 0.1) is 5.82 Å². The number of rotatable bonds is 3. The molecule has 0 saturated carbocycles. The van der Waals surface area contributed by atoms with E-state index in [0.29, 0.717) is 31.5 Å². The summed E-state index contributed by atoms with van der Waals surface area (Å²) in [6, 6.07) is 14.3. The maximum absolute atomic E-state index is 14.0. The number of amides is 1. The van der Waals surface area contributed by atoms with E-state index < -0.39 is 11.2 Å². The van der Waals surface area contributed by atoms with Gasteiger partial charge in [0.2, 0.25) is 0 Å². The van der Waals surface area contributed by atoms with Crippen molar-refractivity contribution in [3.63, 3.8) is 0 Å². The van der Waals surface area contributed by atoms with Crippen LogP contribution in [0.1, 0.15) is 39.2 Å². The van der Waals surface area contributed by atoms with Crippen LogP contribution >= 0.6 is 11.8 Å². The van der Waals surface area contributed by atoms with Crippen LogP contribution in [0.15, 0.2) is 58.3 Å². The minimum Gasteiger partial charge on any atom is -0.444 e. The van der Waals surface area contributed by atoms with Crippen molar-refractivity contribution in [1.29, 1.82) is 0 Å². The van der Waals surface area contributed by atoms with Crippen LogP contribution in [0.3, 0.4) is 0 Å². The third-order valence-corrected chi connectivity index (χ3v) is 5.74. The molecule has 0 aliphatic carbocycles. The summed E-state index contributed by atoms with van der Waals surface area (Å²) < 4.78 is 19.4. The molecule has 2 aromatic carbocycles. The summed E-state index contributed by atoms with van der Waals surface area (Å²) in [6.07, 6.45) is 0.281. The van der Waals surface area contributed by atoms with Crippen LogP contribution in [0.25, 0.3) is 0 Å². The first-order valence-electron chi connectivity index (χ1n) is 9.40. The molecule has 0 aromatic heterocycles. The van der Waals surface area contributed by atoms with Crippen LogP contribution in [-0.4, -0.2) is 34.8 Å². The smallest absolute Gasteiger partial charge is 0.410 e. The van der Waals surface area contributed by atoms with E-state index in [4.69, 9.17) is 4.74 Å². The van der Waals surface area contributed by atoms with Crippen LogP contribution in [0.2, 0.25) is 0 Å². The van der Waals surface area contributed by atoms with Gasteiger partial charge in [0, 0.05) is 28.4 Å². The summed E-state index contributed by atoms with van der Waals surface area (Å²) in [4.78, 5) is 15.7. The summed E-state index contributed by atoms with van der Waals surface area (Å²) in [5, 5.41) is 11.3. The quantitative estimate of drug-likeness (QED) is 0.766. The third kappa shape index (κ3) is 5.06. The molecule has 28 heavy (non-hydrogen) atoms. The molecule has 4 nitrogen and oxygen atoms in total. The molecular formula is C22H26FNO3S. The van der Waals surface area contributed by atoms with Crippen molar-refractivity contribution in [3.05, 3.63) is 59.9 Å². The predicted molar refractivity (Wildman–Crippen MR) is 108 cm³/mol. The Balaban J connectivity index is 1.78. The number of aliphatic hydroxyl groups is 1. The van der Waals surface area contributed by atoms with Gasteiger partial charge in [0.25, 0.3) is 0 Å². The van der Waals surface area contributed by atoms with Crippen molar-refractivity contribution >= 4 is 17.9 Å². The van der Waals surface area contributed by atoms with Gasteiger partial charge in [-0.25, -0.2) is 9.18 Å². The van der Waals surface area contributed by atoms with E-state index in [1.54, 1.807) is 11.0 Å². The highest BCUT2D eigenvalue weighted by molar-refractivity contribution is 7.99. The van der Waals surface area contributed by atoms with Crippen molar-refractivity contribution in [3.8, 4) is 0 Å². The first-order chi connectivity index (χ1) is 13.2. The van der Waals surface area contributed by atoms with Gasteiger partial charge in [0.1, 0.15) is 11.4 Å². The molecule has 1 heterocycles. The van der Waals surface area contributed by atoms with E-state index >= 15 is 0 Å². The second-order valence-electron chi connectivity index (χ2n) is 8.05. The van der Waals surface area contributed by atoms with Crippen molar-refractivity contribution in [2.45, 2.75) is 54.6 Å². The van der Waals surface area contributed by atoms with Crippen molar-refractivity contribution < 1.29 is 19.0 Å². The Morgan fingerprint density at radius 3 is 2.39 bits per heavy atom. The number of hydrogen-bond acceptors (Lipinski definition) is 4. The fraction of sp³-hybridized carbons (Fsp3) is 0.409. The van der Waals surface area contributed by atoms with E-state index in [2.05, 4.69) is 0 Å². The highest BCUT2D eigenvalue weighted by atomic mass is 32.2. The van der Waals surface area contributed by atoms with Crippen molar-refractivity contribution in [2.24, 2.45) is 0 Å². The summed E-state index contributed by atoms with van der Waals surface area (Å²) in [7, 11) is 0. The minimum atomic E-state index is -1.18. The Kier molecular flexibility index (Phi) is 6.01. The molecule has 6 heteroatoms. The van der Waals surface area contributed by atoms with E-state index in [-0.39, 0.29) is 11.9 Å². The van der Waals surface area contributed by atoms with Crippen LogP contribution in [0.4, 0.5) is 9.18 Å². The molecule has 1 N–H and O–H groups in total. The van der Waals surface area contributed by atoms with E-state index in [1.165, 1.54) is 23.9 Å². The zero-order chi connectivity index (χ0) is 20.4. The van der Waals surface area contributed by atoms with Gasteiger partial charge in [0.15, 0.2) is 0 Å². The van der Waals surface area contributed by atoms with Crippen molar-refractivity contribution in [1.82, 2.24) is 4.90 Å². The number of benzene rings is 2. The monoisotopic (exact) mass is 403 g/mol. The lowest BCUT2D eigenvalue weighted by molar-refractivity contribution is -0.0373. The first-order valence-corrected chi connectivity index (χ1v) is 10.2. The van der Waals surface area contributed by atoms with E-state index in [9.17, 15) is 14.3 Å². The topological polar surface area (TPSA) is 49.8 Å².